The minimum atomic E-state index is -0.0625. The Morgan fingerprint density at radius 2 is 2.04 bits per heavy atom. The Morgan fingerprint density at radius 3 is 2.85 bits per heavy atom. The lowest BCUT2D eigenvalue weighted by atomic mass is 9.97. The highest BCUT2D eigenvalue weighted by molar-refractivity contribution is 7.18. The second kappa shape index (κ2) is 7.64. The topological polar surface area (TPSA) is 74.8 Å². The van der Waals surface area contributed by atoms with E-state index in [-0.39, 0.29) is 17.5 Å². The molecule has 0 saturated carbocycles. The molecule has 1 aliphatic carbocycles. The Morgan fingerprint density at radius 1 is 1.26 bits per heavy atom. The molecule has 2 N–H and O–H groups in total. The highest BCUT2D eigenvalue weighted by atomic mass is 32.1. The SMILES string of the molecule is CC(NC(=O)CCc1nc2sc3c(c2c(=O)[nH]1)CCCC3)c1ccccc1. The van der Waals surface area contributed by atoms with Gasteiger partial charge in [0.1, 0.15) is 10.7 Å². The number of hydrogen-bond donors (Lipinski definition) is 2. The van der Waals surface area contributed by atoms with E-state index in [1.807, 2.05) is 37.3 Å². The van der Waals surface area contributed by atoms with Crippen LogP contribution >= 0.6 is 11.3 Å². The van der Waals surface area contributed by atoms with Crippen molar-refractivity contribution in [3.63, 3.8) is 0 Å². The summed E-state index contributed by atoms with van der Waals surface area (Å²) in [6, 6.07) is 9.83. The standard InChI is InChI=1S/C21H23N3O2S/c1-13(14-7-3-2-4-8-14)22-18(25)12-11-17-23-20(26)19-15-9-5-6-10-16(15)27-21(19)24-17/h2-4,7-8,13H,5-6,9-12H2,1H3,(H,22,25)(H,23,24,26). The molecule has 1 aliphatic rings. The first-order chi connectivity index (χ1) is 13.1. The fraction of sp³-hybridized carbons (Fsp3) is 0.381. The van der Waals surface area contributed by atoms with Crippen LogP contribution in [0.1, 0.15) is 54.1 Å². The first kappa shape index (κ1) is 17.9. The molecule has 1 amide bonds. The van der Waals surface area contributed by atoms with E-state index in [2.05, 4.69) is 15.3 Å². The zero-order valence-electron chi connectivity index (χ0n) is 15.4. The second-order valence-corrected chi connectivity index (χ2v) is 8.19. The molecule has 4 rings (SSSR count). The molecule has 140 valence electrons. The lowest BCUT2D eigenvalue weighted by Crippen LogP contribution is -2.27. The van der Waals surface area contributed by atoms with E-state index in [9.17, 15) is 9.59 Å². The number of amides is 1. The van der Waals surface area contributed by atoms with Crippen molar-refractivity contribution in [2.75, 3.05) is 0 Å². The number of carbonyl (C=O) groups excluding carboxylic acids is 1. The molecule has 0 saturated heterocycles. The zero-order valence-corrected chi connectivity index (χ0v) is 16.2. The summed E-state index contributed by atoms with van der Waals surface area (Å²) in [6.07, 6.45) is 5.08. The number of hydrogen-bond acceptors (Lipinski definition) is 4. The smallest absolute Gasteiger partial charge is 0.259 e. The third-order valence-electron chi connectivity index (χ3n) is 5.14. The molecule has 0 aliphatic heterocycles. The fourth-order valence-corrected chi connectivity index (χ4v) is 4.98. The summed E-state index contributed by atoms with van der Waals surface area (Å²) in [6.45, 7) is 1.97. The van der Waals surface area contributed by atoms with E-state index in [0.29, 0.717) is 18.7 Å². The molecule has 3 aromatic rings. The van der Waals surface area contributed by atoms with Gasteiger partial charge in [-0.25, -0.2) is 4.98 Å². The van der Waals surface area contributed by atoms with Crippen molar-refractivity contribution in [1.29, 1.82) is 0 Å². The maximum absolute atomic E-state index is 12.6. The summed E-state index contributed by atoms with van der Waals surface area (Å²) in [5.74, 6) is 0.549. The van der Waals surface area contributed by atoms with Crippen molar-refractivity contribution in [1.82, 2.24) is 15.3 Å². The predicted octanol–water partition coefficient (Wildman–Crippen LogP) is 3.67. The molecule has 6 heteroatoms. The molecular weight excluding hydrogens is 358 g/mol. The van der Waals surface area contributed by atoms with Crippen LogP contribution in [0.5, 0.6) is 0 Å². The number of H-pyrrole nitrogens is 1. The van der Waals surface area contributed by atoms with E-state index < -0.39 is 0 Å². The van der Waals surface area contributed by atoms with Gasteiger partial charge in [0.25, 0.3) is 5.56 Å². The van der Waals surface area contributed by atoms with Crippen LogP contribution in [-0.2, 0) is 24.1 Å². The zero-order chi connectivity index (χ0) is 18.8. The molecular formula is C21H23N3O2S. The molecule has 1 unspecified atom stereocenters. The van der Waals surface area contributed by atoms with Crippen LogP contribution in [0, 0.1) is 0 Å². The third-order valence-corrected chi connectivity index (χ3v) is 6.33. The van der Waals surface area contributed by atoms with Gasteiger partial charge < -0.3 is 10.3 Å². The monoisotopic (exact) mass is 381 g/mol. The average Bonchev–Trinajstić information content (AvgIpc) is 3.06. The Hall–Kier alpha value is -2.47. The summed E-state index contributed by atoms with van der Waals surface area (Å²) in [5, 5.41) is 3.77. The van der Waals surface area contributed by atoms with E-state index in [0.717, 1.165) is 35.0 Å². The van der Waals surface area contributed by atoms with Crippen LogP contribution in [0.15, 0.2) is 35.1 Å². The third kappa shape index (κ3) is 3.81. The number of aryl methyl sites for hydroxylation is 3. The first-order valence-electron chi connectivity index (χ1n) is 9.49. The van der Waals surface area contributed by atoms with E-state index in [1.54, 1.807) is 11.3 Å². The van der Waals surface area contributed by atoms with E-state index in [1.165, 1.54) is 16.9 Å². The van der Waals surface area contributed by atoms with Gasteiger partial charge in [0.2, 0.25) is 5.91 Å². The Labute approximate surface area is 161 Å². The number of aromatic amines is 1. The first-order valence-corrected chi connectivity index (χ1v) is 10.3. The highest BCUT2D eigenvalue weighted by Gasteiger charge is 2.20. The van der Waals surface area contributed by atoms with Gasteiger partial charge >= 0.3 is 0 Å². The average molecular weight is 382 g/mol. The number of nitrogens with zero attached hydrogens (tertiary/aromatic N) is 1. The molecule has 2 heterocycles. The van der Waals surface area contributed by atoms with Crippen LogP contribution in [-0.4, -0.2) is 15.9 Å². The highest BCUT2D eigenvalue weighted by Crippen LogP contribution is 2.33. The van der Waals surface area contributed by atoms with Crippen LogP contribution in [0.25, 0.3) is 10.2 Å². The van der Waals surface area contributed by atoms with Crippen LogP contribution in [0.4, 0.5) is 0 Å². The number of benzene rings is 1. The Bertz CT molecular complexity index is 1020. The van der Waals surface area contributed by atoms with Crippen LogP contribution in [0.3, 0.4) is 0 Å². The summed E-state index contributed by atoms with van der Waals surface area (Å²) in [7, 11) is 0. The van der Waals surface area contributed by atoms with E-state index >= 15 is 0 Å². The quantitative estimate of drug-likeness (QED) is 0.708. The van der Waals surface area contributed by atoms with Gasteiger partial charge in [0.15, 0.2) is 0 Å². The minimum absolute atomic E-state index is 0.0421. The molecule has 1 atom stereocenters. The maximum atomic E-state index is 12.6. The molecule has 0 spiro atoms. The van der Waals surface area contributed by atoms with Gasteiger partial charge in [-0.1, -0.05) is 30.3 Å². The van der Waals surface area contributed by atoms with Crippen molar-refractivity contribution in [2.24, 2.45) is 0 Å². The summed E-state index contributed by atoms with van der Waals surface area (Å²) >= 11 is 1.64. The fourth-order valence-electron chi connectivity index (χ4n) is 3.70. The molecule has 0 fully saturated rings. The molecule has 2 aromatic heterocycles. The van der Waals surface area contributed by atoms with Gasteiger partial charge in [-0.3, -0.25) is 9.59 Å². The molecule has 1 aromatic carbocycles. The number of thiophene rings is 1. The number of rotatable bonds is 5. The normalized spacial score (nSPS) is 14.7. The summed E-state index contributed by atoms with van der Waals surface area (Å²) < 4.78 is 0. The molecule has 27 heavy (non-hydrogen) atoms. The van der Waals surface area contributed by atoms with Gasteiger partial charge in [0, 0.05) is 17.7 Å². The maximum Gasteiger partial charge on any atom is 0.259 e. The number of carbonyl (C=O) groups is 1. The van der Waals surface area contributed by atoms with Gasteiger partial charge in [-0.2, -0.15) is 0 Å². The Kier molecular flexibility index (Phi) is 5.07. The minimum Gasteiger partial charge on any atom is -0.350 e. The molecule has 0 bridgehead atoms. The largest absolute Gasteiger partial charge is 0.350 e. The second-order valence-electron chi connectivity index (χ2n) is 7.10. The number of nitrogens with one attached hydrogen (secondary N) is 2. The number of aromatic nitrogens is 2. The van der Waals surface area contributed by atoms with Gasteiger partial charge in [0.05, 0.1) is 11.4 Å². The van der Waals surface area contributed by atoms with Gasteiger partial charge in [-0.05, 0) is 43.7 Å². The lowest BCUT2D eigenvalue weighted by molar-refractivity contribution is -0.121. The molecule has 5 nitrogen and oxygen atoms in total. The summed E-state index contributed by atoms with van der Waals surface area (Å²) in [5.41, 5.74) is 2.20. The van der Waals surface area contributed by atoms with Crippen LogP contribution in [0.2, 0.25) is 0 Å². The van der Waals surface area contributed by atoms with Crippen molar-refractivity contribution in [3.05, 3.63) is 62.5 Å². The van der Waals surface area contributed by atoms with Crippen molar-refractivity contribution in [3.8, 4) is 0 Å². The lowest BCUT2D eigenvalue weighted by Gasteiger charge is -2.14. The molecule has 0 radical (unpaired) electrons. The predicted molar refractivity (Wildman–Crippen MR) is 108 cm³/mol. The Balaban J connectivity index is 1.44. The van der Waals surface area contributed by atoms with E-state index in [4.69, 9.17) is 0 Å². The summed E-state index contributed by atoms with van der Waals surface area (Å²) in [4.78, 5) is 34.5. The van der Waals surface area contributed by atoms with Crippen LogP contribution < -0.4 is 10.9 Å². The van der Waals surface area contributed by atoms with Crippen molar-refractivity contribution in [2.45, 2.75) is 51.5 Å². The van der Waals surface area contributed by atoms with Crippen molar-refractivity contribution >= 4 is 27.5 Å². The van der Waals surface area contributed by atoms with Crippen molar-refractivity contribution < 1.29 is 4.79 Å². The number of fused-ring (bicyclic) bond motifs is 3. The van der Waals surface area contributed by atoms with Gasteiger partial charge in [-0.15, -0.1) is 11.3 Å².